The molecule has 0 bridgehead atoms. The van der Waals surface area contributed by atoms with E-state index < -0.39 is 0 Å². The van der Waals surface area contributed by atoms with Gasteiger partial charge in [0.2, 0.25) is 0 Å². The van der Waals surface area contributed by atoms with Gasteiger partial charge in [-0.15, -0.1) is 11.3 Å². The normalized spacial score (nSPS) is 14.8. The van der Waals surface area contributed by atoms with Crippen molar-refractivity contribution in [2.24, 2.45) is 0 Å². The summed E-state index contributed by atoms with van der Waals surface area (Å²) in [5.74, 6) is 0.414. The summed E-state index contributed by atoms with van der Waals surface area (Å²) >= 11 is 1.58. The number of hydrogen-bond donors (Lipinski definition) is 1. The third-order valence-corrected chi connectivity index (χ3v) is 5.11. The van der Waals surface area contributed by atoms with Crippen LogP contribution in [0.1, 0.15) is 32.1 Å². The van der Waals surface area contributed by atoms with Gasteiger partial charge in [0.05, 0.1) is 4.88 Å². The molecule has 4 heteroatoms. The first kappa shape index (κ1) is 14.9. The van der Waals surface area contributed by atoms with E-state index in [-0.39, 0.29) is 11.7 Å². The quantitative estimate of drug-likeness (QED) is 0.910. The Bertz CT molecular complexity index is 728. The van der Waals surface area contributed by atoms with Gasteiger partial charge in [-0.25, -0.2) is 0 Å². The Morgan fingerprint density at radius 1 is 1.23 bits per heavy atom. The Morgan fingerprint density at radius 3 is 2.50 bits per heavy atom. The van der Waals surface area contributed by atoms with E-state index in [1.54, 1.807) is 23.5 Å². The van der Waals surface area contributed by atoms with Crippen LogP contribution in [0.4, 0.5) is 0 Å². The Kier molecular flexibility index (Phi) is 4.03. The fourth-order valence-electron chi connectivity index (χ4n) is 2.79. The maximum absolute atomic E-state index is 12.6. The maximum atomic E-state index is 12.6. The van der Waals surface area contributed by atoms with Crippen molar-refractivity contribution in [2.75, 3.05) is 13.1 Å². The highest BCUT2D eigenvalue weighted by atomic mass is 32.1. The van der Waals surface area contributed by atoms with Crippen molar-refractivity contribution in [3.63, 3.8) is 0 Å². The topological polar surface area (TPSA) is 40.5 Å². The van der Waals surface area contributed by atoms with Crippen LogP contribution in [0, 0.1) is 13.8 Å². The van der Waals surface area contributed by atoms with Crippen LogP contribution in [0.3, 0.4) is 0 Å². The maximum Gasteiger partial charge on any atom is 0.264 e. The zero-order chi connectivity index (χ0) is 15.7. The van der Waals surface area contributed by atoms with E-state index in [0.717, 1.165) is 29.0 Å². The number of phenols is 1. The minimum Gasteiger partial charge on any atom is -0.508 e. The lowest BCUT2D eigenvalue weighted by atomic mass is 9.99. The number of aromatic hydroxyl groups is 1. The number of aryl methyl sites for hydroxylation is 2. The molecule has 3 nitrogen and oxygen atoms in total. The minimum atomic E-state index is 0.136. The van der Waals surface area contributed by atoms with E-state index in [1.165, 1.54) is 10.5 Å². The van der Waals surface area contributed by atoms with Gasteiger partial charge in [-0.2, -0.15) is 0 Å². The van der Waals surface area contributed by atoms with Crippen LogP contribution in [-0.2, 0) is 0 Å². The molecule has 0 saturated carbocycles. The molecular formula is C18H19NO2S. The molecule has 1 aromatic heterocycles. The van der Waals surface area contributed by atoms with E-state index >= 15 is 0 Å². The Balaban J connectivity index is 1.74. The van der Waals surface area contributed by atoms with Crippen LogP contribution in [0.2, 0.25) is 0 Å². The van der Waals surface area contributed by atoms with E-state index in [9.17, 15) is 9.90 Å². The van der Waals surface area contributed by atoms with Crippen LogP contribution in [0.5, 0.6) is 5.75 Å². The molecule has 0 fully saturated rings. The van der Waals surface area contributed by atoms with E-state index in [1.807, 2.05) is 30.9 Å². The predicted molar refractivity (Wildman–Crippen MR) is 90.4 cm³/mol. The van der Waals surface area contributed by atoms with E-state index in [4.69, 9.17) is 0 Å². The third kappa shape index (κ3) is 2.92. The molecule has 0 radical (unpaired) electrons. The zero-order valence-electron chi connectivity index (χ0n) is 12.8. The third-order valence-electron chi connectivity index (χ3n) is 3.97. The molecule has 1 amide bonds. The van der Waals surface area contributed by atoms with Gasteiger partial charge in [0.25, 0.3) is 5.91 Å². The molecule has 2 heterocycles. The Hall–Kier alpha value is -2.07. The highest BCUT2D eigenvalue weighted by molar-refractivity contribution is 7.14. The highest BCUT2D eigenvalue weighted by Gasteiger charge is 2.22. The van der Waals surface area contributed by atoms with Gasteiger partial charge in [0.15, 0.2) is 0 Å². The van der Waals surface area contributed by atoms with Crippen molar-refractivity contribution >= 4 is 22.8 Å². The summed E-state index contributed by atoms with van der Waals surface area (Å²) in [6.07, 6.45) is 2.96. The largest absolute Gasteiger partial charge is 0.508 e. The summed E-state index contributed by atoms with van der Waals surface area (Å²) in [5.41, 5.74) is 3.43. The summed E-state index contributed by atoms with van der Waals surface area (Å²) in [7, 11) is 0. The number of amides is 1. The summed E-state index contributed by atoms with van der Waals surface area (Å²) in [5, 5.41) is 9.35. The van der Waals surface area contributed by atoms with Gasteiger partial charge in [0, 0.05) is 18.0 Å². The first-order chi connectivity index (χ1) is 10.5. The molecule has 1 aliphatic heterocycles. The number of benzene rings is 1. The Morgan fingerprint density at radius 2 is 1.95 bits per heavy atom. The van der Waals surface area contributed by atoms with Crippen molar-refractivity contribution in [1.29, 1.82) is 0 Å². The van der Waals surface area contributed by atoms with Gasteiger partial charge in [-0.3, -0.25) is 4.79 Å². The van der Waals surface area contributed by atoms with Gasteiger partial charge in [0.1, 0.15) is 5.75 Å². The van der Waals surface area contributed by atoms with Gasteiger partial charge < -0.3 is 10.0 Å². The lowest BCUT2D eigenvalue weighted by molar-refractivity contribution is 0.0777. The van der Waals surface area contributed by atoms with Gasteiger partial charge >= 0.3 is 0 Å². The van der Waals surface area contributed by atoms with Crippen molar-refractivity contribution < 1.29 is 9.90 Å². The Labute approximate surface area is 134 Å². The van der Waals surface area contributed by atoms with Crippen molar-refractivity contribution in [3.05, 3.63) is 57.3 Å². The van der Waals surface area contributed by atoms with Crippen LogP contribution in [-0.4, -0.2) is 29.0 Å². The molecule has 22 heavy (non-hydrogen) atoms. The molecule has 0 atom stereocenters. The molecular weight excluding hydrogens is 294 g/mol. The first-order valence-corrected chi connectivity index (χ1v) is 8.21. The minimum absolute atomic E-state index is 0.136. The number of thiophene rings is 1. The second kappa shape index (κ2) is 5.97. The van der Waals surface area contributed by atoms with E-state index in [2.05, 4.69) is 12.1 Å². The second-order valence-corrected chi connectivity index (χ2v) is 6.90. The van der Waals surface area contributed by atoms with Gasteiger partial charge in [-0.05, 0) is 55.2 Å². The number of nitrogens with zero attached hydrogens (tertiary/aromatic N) is 1. The fraction of sp³-hybridized carbons (Fsp3) is 0.278. The predicted octanol–water partition coefficient (Wildman–Crippen LogP) is 4.00. The smallest absolute Gasteiger partial charge is 0.264 e. The molecule has 114 valence electrons. The summed E-state index contributed by atoms with van der Waals surface area (Å²) in [4.78, 5) is 16.5. The first-order valence-electron chi connectivity index (χ1n) is 7.39. The standard InChI is InChI=1S/C18H19NO2S/c1-12-11-13(2)22-17(12)18(21)19-9-7-15(8-10-19)14-3-5-16(20)6-4-14/h3-7,11,20H,8-10H2,1-2H3. The number of carbonyl (C=O) groups is 1. The summed E-state index contributed by atoms with van der Waals surface area (Å²) in [6, 6.07) is 9.31. The van der Waals surface area contributed by atoms with Crippen LogP contribution < -0.4 is 0 Å². The van der Waals surface area contributed by atoms with Crippen molar-refractivity contribution in [3.8, 4) is 5.75 Å². The van der Waals surface area contributed by atoms with Crippen LogP contribution >= 0.6 is 11.3 Å². The lowest BCUT2D eigenvalue weighted by Gasteiger charge is -2.26. The molecule has 1 N–H and O–H groups in total. The number of carbonyl (C=O) groups excluding carboxylic acids is 1. The second-order valence-electron chi connectivity index (χ2n) is 5.65. The molecule has 3 rings (SSSR count). The van der Waals surface area contributed by atoms with Crippen LogP contribution in [0.15, 0.2) is 36.4 Å². The molecule has 2 aromatic rings. The molecule has 1 aliphatic rings. The average molecular weight is 313 g/mol. The summed E-state index contributed by atoms with van der Waals surface area (Å²) < 4.78 is 0. The number of hydrogen-bond acceptors (Lipinski definition) is 3. The molecule has 0 unspecified atom stereocenters. The molecule has 0 spiro atoms. The number of phenolic OH excluding ortho intramolecular Hbond substituents is 1. The van der Waals surface area contributed by atoms with Crippen molar-refractivity contribution in [1.82, 2.24) is 4.90 Å². The van der Waals surface area contributed by atoms with Gasteiger partial charge in [-0.1, -0.05) is 18.2 Å². The highest BCUT2D eigenvalue weighted by Crippen LogP contribution is 2.27. The SMILES string of the molecule is Cc1cc(C)c(C(=O)N2CC=C(c3ccc(O)cc3)CC2)s1. The van der Waals surface area contributed by atoms with Crippen LogP contribution in [0.25, 0.3) is 5.57 Å². The van der Waals surface area contributed by atoms with Crippen molar-refractivity contribution in [2.45, 2.75) is 20.3 Å². The summed E-state index contributed by atoms with van der Waals surface area (Å²) in [6.45, 7) is 5.42. The molecule has 1 aromatic carbocycles. The monoisotopic (exact) mass is 313 g/mol. The number of rotatable bonds is 2. The van der Waals surface area contributed by atoms with E-state index in [0.29, 0.717) is 6.54 Å². The molecule has 0 aliphatic carbocycles. The average Bonchev–Trinajstić information content (AvgIpc) is 2.86. The molecule has 0 saturated heterocycles. The lowest BCUT2D eigenvalue weighted by Crippen LogP contribution is -2.34. The fourth-order valence-corrected chi connectivity index (χ4v) is 3.78. The zero-order valence-corrected chi connectivity index (χ0v) is 13.6.